The molecule has 1 amide bonds. The van der Waals surface area contributed by atoms with Crippen molar-refractivity contribution in [1.29, 1.82) is 0 Å². The fourth-order valence-electron chi connectivity index (χ4n) is 4.18. The van der Waals surface area contributed by atoms with Crippen molar-refractivity contribution in [1.82, 2.24) is 5.32 Å². The van der Waals surface area contributed by atoms with Crippen molar-refractivity contribution in [2.45, 2.75) is 103 Å². The number of carbonyl (C=O) groups excluding carboxylic acids is 1. The maximum atomic E-state index is 13.0. The van der Waals surface area contributed by atoms with E-state index in [9.17, 15) is 27.9 Å². The lowest BCUT2D eigenvalue weighted by molar-refractivity contribution is -0.153. The summed E-state index contributed by atoms with van der Waals surface area (Å²) in [6, 6.07) is 14.9. The average molecular weight is 626 g/mol. The van der Waals surface area contributed by atoms with Gasteiger partial charge in [-0.3, -0.25) is 4.79 Å². The van der Waals surface area contributed by atoms with Crippen LogP contribution in [0.2, 0.25) is 18.1 Å². The molecule has 3 atom stereocenters. The number of rotatable bonds is 13. The third kappa shape index (κ3) is 13.0. The minimum atomic E-state index is -4.46. The van der Waals surface area contributed by atoms with E-state index in [2.05, 4.69) is 39.2 Å². The van der Waals surface area contributed by atoms with E-state index in [0.29, 0.717) is 12.0 Å². The Hall–Kier alpha value is -3.05. The van der Waals surface area contributed by atoms with Crippen LogP contribution in [0, 0.1) is 5.92 Å². The number of ether oxygens (including phenoxy) is 2. The minimum Gasteiger partial charge on any atom is -0.484 e. The fraction of sp³-hybridized carbons (Fsp3) is 0.562. The topological polar surface area (TPSA) is 94.1 Å². The van der Waals surface area contributed by atoms with Crippen molar-refractivity contribution in [2.24, 2.45) is 5.92 Å². The SMILES string of the molecule is CC(C)(C)OC(=O)NC(Cc1ccccc1)C(CC(Cc1ccc(OCC(F)(F)F)cc1)C(=O)O)O[Si](C)(C)C(C)(C)C. The summed E-state index contributed by atoms with van der Waals surface area (Å²) in [7, 11) is -2.47. The van der Waals surface area contributed by atoms with Crippen LogP contribution in [0.4, 0.5) is 18.0 Å². The zero-order valence-corrected chi connectivity index (χ0v) is 27.4. The van der Waals surface area contributed by atoms with Gasteiger partial charge in [0.2, 0.25) is 0 Å². The second-order valence-corrected chi connectivity index (χ2v) is 18.1. The van der Waals surface area contributed by atoms with Crippen LogP contribution in [-0.2, 0) is 26.8 Å². The van der Waals surface area contributed by atoms with E-state index in [0.717, 1.165) is 5.56 Å². The smallest absolute Gasteiger partial charge is 0.422 e. The number of carboxylic acids is 1. The minimum absolute atomic E-state index is 0.0385. The summed E-state index contributed by atoms with van der Waals surface area (Å²) in [5.74, 6) is -1.91. The molecule has 0 aliphatic carbocycles. The van der Waals surface area contributed by atoms with E-state index in [1.165, 1.54) is 12.1 Å². The molecule has 0 aliphatic rings. The van der Waals surface area contributed by atoms with Gasteiger partial charge in [0.05, 0.1) is 18.1 Å². The van der Waals surface area contributed by atoms with Crippen LogP contribution in [0.3, 0.4) is 0 Å². The molecule has 0 radical (unpaired) electrons. The van der Waals surface area contributed by atoms with E-state index in [1.807, 2.05) is 30.3 Å². The van der Waals surface area contributed by atoms with Crippen LogP contribution in [0.15, 0.2) is 54.6 Å². The first-order valence-electron chi connectivity index (χ1n) is 14.4. The molecule has 0 spiro atoms. The van der Waals surface area contributed by atoms with Gasteiger partial charge in [-0.05, 0) is 81.4 Å². The zero-order valence-electron chi connectivity index (χ0n) is 26.4. The van der Waals surface area contributed by atoms with Crippen molar-refractivity contribution in [3.8, 4) is 5.75 Å². The van der Waals surface area contributed by atoms with E-state index in [1.54, 1.807) is 32.9 Å². The van der Waals surface area contributed by atoms with Crippen LogP contribution >= 0.6 is 0 Å². The molecule has 43 heavy (non-hydrogen) atoms. The number of carboxylic acid groups (broad SMARTS) is 1. The lowest BCUT2D eigenvalue weighted by Crippen LogP contribution is -2.54. The lowest BCUT2D eigenvalue weighted by atomic mass is 9.89. The fourth-order valence-corrected chi connectivity index (χ4v) is 5.55. The first kappa shape index (κ1) is 36.1. The summed E-state index contributed by atoms with van der Waals surface area (Å²) in [6.45, 7) is 14.3. The zero-order chi connectivity index (χ0) is 32.6. The highest BCUT2D eigenvalue weighted by molar-refractivity contribution is 6.74. The van der Waals surface area contributed by atoms with Crippen LogP contribution in [0.5, 0.6) is 5.75 Å². The highest BCUT2D eigenvalue weighted by atomic mass is 28.4. The number of carbonyl (C=O) groups is 2. The maximum Gasteiger partial charge on any atom is 0.422 e. The van der Waals surface area contributed by atoms with Gasteiger partial charge < -0.3 is 24.3 Å². The Morgan fingerprint density at radius 1 is 0.884 bits per heavy atom. The molecule has 0 fully saturated rings. The molecular weight excluding hydrogens is 579 g/mol. The Bertz CT molecular complexity index is 1170. The Morgan fingerprint density at radius 2 is 1.44 bits per heavy atom. The van der Waals surface area contributed by atoms with Gasteiger partial charge in [0, 0.05) is 0 Å². The number of halogens is 3. The summed E-state index contributed by atoms with van der Waals surface area (Å²) in [4.78, 5) is 25.6. The molecule has 0 saturated heterocycles. The number of aliphatic carboxylic acids is 1. The highest BCUT2D eigenvalue weighted by Gasteiger charge is 2.42. The van der Waals surface area contributed by atoms with E-state index in [4.69, 9.17) is 13.9 Å². The van der Waals surface area contributed by atoms with Crippen molar-refractivity contribution >= 4 is 20.4 Å². The predicted molar refractivity (Wildman–Crippen MR) is 163 cm³/mol. The summed E-state index contributed by atoms with van der Waals surface area (Å²) >= 11 is 0. The van der Waals surface area contributed by atoms with Gasteiger partial charge in [0.25, 0.3) is 0 Å². The van der Waals surface area contributed by atoms with Gasteiger partial charge in [-0.25, -0.2) is 4.79 Å². The molecule has 0 aliphatic heterocycles. The Kier molecular flexibility index (Phi) is 12.3. The average Bonchev–Trinajstić information content (AvgIpc) is 2.85. The normalized spacial score (nSPS) is 14.9. The number of hydrogen-bond donors (Lipinski definition) is 2. The second kappa shape index (κ2) is 14.6. The molecule has 2 aromatic carbocycles. The third-order valence-electron chi connectivity index (χ3n) is 7.38. The summed E-state index contributed by atoms with van der Waals surface area (Å²) in [6.07, 6.45) is -5.19. The van der Waals surface area contributed by atoms with Gasteiger partial charge in [0.15, 0.2) is 14.9 Å². The summed E-state index contributed by atoms with van der Waals surface area (Å²) in [5, 5.41) is 13.0. The molecule has 2 N–H and O–H groups in total. The molecule has 2 aromatic rings. The molecule has 0 bridgehead atoms. The summed E-state index contributed by atoms with van der Waals surface area (Å²) < 4.78 is 54.8. The van der Waals surface area contributed by atoms with Crippen molar-refractivity contribution in [3.05, 3.63) is 65.7 Å². The van der Waals surface area contributed by atoms with Crippen molar-refractivity contribution in [2.75, 3.05) is 6.61 Å². The predicted octanol–water partition coefficient (Wildman–Crippen LogP) is 7.79. The monoisotopic (exact) mass is 625 g/mol. The third-order valence-corrected chi connectivity index (χ3v) is 11.9. The second-order valence-electron chi connectivity index (χ2n) is 13.4. The maximum absolute atomic E-state index is 13.0. The molecule has 7 nitrogen and oxygen atoms in total. The van der Waals surface area contributed by atoms with Gasteiger partial charge in [-0.2, -0.15) is 13.2 Å². The molecule has 0 heterocycles. The van der Waals surface area contributed by atoms with Crippen molar-refractivity contribution < 1.29 is 41.8 Å². The molecule has 11 heteroatoms. The van der Waals surface area contributed by atoms with Gasteiger partial charge in [-0.1, -0.05) is 63.2 Å². The largest absolute Gasteiger partial charge is 0.484 e. The first-order chi connectivity index (χ1) is 19.6. The molecular formula is C32H46F3NO6Si. The van der Waals surface area contributed by atoms with E-state index in [-0.39, 0.29) is 23.6 Å². The molecule has 240 valence electrons. The number of benzene rings is 2. The Balaban J connectivity index is 2.42. The van der Waals surface area contributed by atoms with Crippen LogP contribution < -0.4 is 10.1 Å². The molecule has 2 rings (SSSR count). The van der Waals surface area contributed by atoms with Crippen LogP contribution in [0.1, 0.15) is 59.1 Å². The lowest BCUT2D eigenvalue weighted by Gasteiger charge is -2.42. The quantitative estimate of drug-likeness (QED) is 0.221. The molecule has 3 unspecified atom stereocenters. The first-order valence-corrected chi connectivity index (χ1v) is 17.3. The highest BCUT2D eigenvalue weighted by Crippen LogP contribution is 2.39. The van der Waals surface area contributed by atoms with Crippen molar-refractivity contribution in [3.63, 3.8) is 0 Å². The standard InChI is InChI=1S/C32H46F3NO6Si/c1-30(2,3)41-29(39)36-26(19-22-12-10-9-11-13-22)27(42-43(7,8)31(4,5)6)20-24(28(37)38)18-23-14-16-25(17-15-23)40-21-32(33,34)35/h9-17,24,26-27H,18-21H2,1-8H3,(H,36,39)(H,37,38). The Labute approximate surface area is 254 Å². The number of alkyl halides is 3. The van der Waals surface area contributed by atoms with Gasteiger partial charge in [-0.15, -0.1) is 0 Å². The molecule has 0 saturated carbocycles. The number of alkyl carbamates (subject to hydrolysis) is 1. The van der Waals surface area contributed by atoms with E-state index < -0.39 is 56.8 Å². The number of hydrogen-bond acceptors (Lipinski definition) is 5. The van der Waals surface area contributed by atoms with E-state index >= 15 is 0 Å². The van der Waals surface area contributed by atoms with Gasteiger partial charge in [0.1, 0.15) is 11.4 Å². The Morgan fingerprint density at radius 3 is 1.93 bits per heavy atom. The van der Waals surface area contributed by atoms with Crippen LogP contribution in [-0.4, -0.2) is 56.0 Å². The number of nitrogens with one attached hydrogen (secondary N) is 1. The summed E-state index contributed by atoms with van der Waals surface area (Å²) in [5.41, 5.74) is 0.822. The molecule has 0 aromatic heterocycles. The van der Waals surface area contributed by atoms with Crippen LogP contribution in [0.25, 0.3) is 0 Å². The van der Waals surface area contributed by atoms with Gasteiger partial charge >= 0.3 is 18.2 Å². The number of amides is 1.